The normalized spacial score (nSPS) is 21.3. The number of amides is 1. The van der Waals surface area contributed by atoms with Crippen molar-refractivity contribution in [2.45, 2.75) is 91.0 Å². The molecule has 7 nitrogen and oxygen atoms in total. The third kappa shape index (κ3) is 8.94. The van der Waals surface area contributed by atoms with Gasteiger partial charge in [-0.3, -0.25) is 14.5 Å². The van der Waals surface area contributed by atoms with E-state index in [-0.39, 0.29) is 23.3 Å². The highest BCUT2D eigenvalue weighted by Gasteiger charge is 2.48. The number of carboxylic acids is 1. The smallest absolute Gasteiger partial charge is 0.308 e. The van der Waals surface area contributed by atoms with Gasteiger partial charge in [-0.25, -0.2) is 0 Å². The Morgan fingerprint density at radius 3 is 2.48 bits per heavy atom. The van der Waals surface area contributed by atoms with Gasteiger partial charge in [0.2, 0.25) is 5.91 Å². The van der Waals surface area contributed by atoms with Gasteiger partial charge in [0.1, 0.15) is 5.75 Å². The first-order valence-electron chi connectivity index (χ1n) is 15.7. The topological polar surface area (TPSA) is 70.1 Å². The predicted octanol–water partition coefficient (Wildman–Crippen LogP) is 5.42. The van der Waals surface area contributed by atoms with E-state index in [2.05, 4.69) is 59.8 Å². The number of hydrogen-bond donors (Lipinski definition) is 1. The Morgan fingerprint density at radius 2 is 1.82 bits per heavy atom. The summed E-state index contributed by atoms with van der Waals surface area (Å²) in [7, 11) is 6.62. The fraction of sp³-hybridized carbons (Fsp3) is 0.758. The van der Waals surface area contributed by atoms with Gasteiger partial charge in [-0.1, -0.05) is 52.7 Å². The van der Waals surface area contributed by atoms with Crippen LogP contribution in [0.15, 0.2) is 18.2 Å². The van der Waals surface area contributed by atoms with Gasteiger partial charge >= 0.3 is 5.97 Å². The molecule has 2 aliphatic rings. The summed E-state index contributed by atoms with van der Waals surface area (Å²) in [6.07, 6.45) is 7.85. The lowest BCUT2D eigenvalue weighted by atomic mass is 9.76. The highest BCUT2D eigenvalue weighted by Crippen LogP contribution is 2.44. The van der Waals surface area contributed by atoms with E-state index in [1.54, 1.807) is 0 Å². The lowest BCUT2D eigenvalue weighted by Gasteiger charge is -2.35. The number of likely N-dealkylation sites (tertiary alicyclic amines) is 1. The molecule has 0 radical (unpaired) electrons. The largest absolute Gasteiger partial charge is 0.493 e. The van der Waals surface area contributed by atoms with E-state index in [4.69, 9.17) is 4.74 Å². The number of carbonyl (C=O) groups is 2. The van der Waals surface area contributed by atoms with Crippen LogP contribution in [0, 0.1) is 11.3 Å². The number of carbonyl (C=O) groups excluding carboxylic acids is 1. The van der Waals surface area contributed by atoms with Crippen LogP contribution >= 0.6 is 0 Å². The first-order valence-corrected chi connectivity index (χ1v) is 15.7. The number of nitrogens with zero attached hydrogens (tertiary/aromatic N) is 3. The molecule has 0 aromatic heterocycles. The molecule has 3 rings (SSSR count). The van der Waals surface area contributed by atoms with Crippen molar-refractivity contribution in [3.05, 3.63) is 29.3 Å². The summed E-state index contributed by atoms with van der Waals surface area (Å²) in [5.41, 5.74) is 2.23. The van der Waals surface area contributed by atoms with Crippen LogP contribution in [-0.4, -0.2) is 97.8 Å². The Kier molecular flexibility index (Phi) is 11.5. The van der Waals surface area contributed by atoms with Crippen LogP contribution in [0.2, 0.25) is 0 Å². The van der Waals surface area contributed by atoms with Gasteiger partial charge in [0, 0.05) is 38.0 Å². The summed E-state index contributed by atoms with van der Waals surface area (Å²) in [6, 6.07) is 6.03. The quantitative estimate of drug-likeness (QED) is 0.217. The average Bonchev–Trinajstić information content (AvgIpc) is 3.46. The monoisotopic (exact) mass is 558 g/mol. The minimum atomic E-state index is -0.753. The standard InChI is InChI=1S/C33H55N3O4/c1-8-10-17-34(18-11-12-19-36(5,6)7)30(37)24-35-23-27(25-13-14-29-26(21-25)15-20-40-29)31(32(38)39)28(35)22-33(3,4)16-9-2/h13-14,21,27-28,31H,8-12,15-20,22-24H2,1-7H3/p+1/t27-,28+,31?/m1/s1. The van der Waals surface area contributed by atoms with Crippen molar-refractivity contribution in [1.29, 1.82) is 0 Å². The summed E-state index contributed by atoms with van der Waals surface area (Å²) < 4.78 is 6.65. The molecule has 1 N–H and O–H groups in total. The van der Waals surface area contributed by atoms with Gasteiger partial charge in [0.05, 0.1) is 46.8 Å². The molecule has 0 spiro atoms. The molecule has 0 aliphatic carbocycles. The molecule has 1 aromatic carbocycles. The van der Waals surface area contributed by atoms with Crippen molar-refractivity contribution in [2.75, 3.05) is 60.5 Å². The molecule has 1 aromatic rings. The number of carboxylic acid groups (broad SMARTS) is 1. The zero-order chi connectivity index (χ0) is 29.5. The Hall–Kier alpha value is -2.12. The predicted molar refractivity (Wildman–Crippen MR) is 162 cm³/mol. The summed E-state index contributed by atoms with van der Waals surface area (Å²) in [5, 5.41) is 10.6. The maximum absolute atomic E-state index is 13.8. The molecule has 3 atom stereocenters. The number of unbranched alkanes of at least 4 members (excludes halogenated alkanes) is 2. The van der Waals surface area contributed by atoms with Crippen LogP contribution in [0.5, 0.6) is 5.75 Å². The zero-order valence-corrected chi connectivity index (χ0v) is 26.4. The number of aliphatic carboxylic acids is 1. The van der Waals surface area contributed by atoms with Crippen molar-refractivity contribution in [1.82, 2.24) is 9.80 Å². The van der Waals surface area contributed by atoms with Gasteiger partial charge < -0.3 is 19.2 Å². The number of quaternary nitrogens is 1. The van der Waals surface area contributed by atoms with Gasteiger partial charge in [-0.15, -0.1) is 0 Å². The molecule has 1 amide bonds. The second kappa shape index (κ2) is 14.2. The second-order valence-corrected chi connectivity index (χ2v) is 14.0. The average molecular weight is 559 g/mol. The van der Waals surface area contributed by atoms with Crippen LogP contribution in [0.25, 0.3) is 0 Å². The van der Waals surface area contributed by atoms with E-state index in [1.807, 2.05) is 17.0 Å². The van der Waals surface area contributed by atoms with Gasteiger partial charge in [0.15, 0.2) is 0 Å². The molecule has 1 fully saturated rings. The van der Waals surface area contributed by atoms with Gasteiger partial charge in [-0.2, -0.15) is 0 Å². The van der Waals surface area contributed by atoms with Crippen molar-refractivity contribution in [2.24, 2.45) is 11.3 Å². The van der Waals surface area contributed by atoms with E-state index >= 15 is 0 Å². The molecule has 0 saturated carbocycles. The summed E-state index contributed by atoms with van der Waals surface area (Å²) >= 11 is 0. The van der Waals surface area contributed by atoms with Crippen molar-refractivity contribution < 1.29 is 23.9 Å². The number of rotatable bonds is 16. The SMILES string of the molecule is CCCCN(CCCC[N+](C)(C)C)C(=O)CN1C[C@H](c2ccc3c(c2)CCO3)C(C(=O)O)[C@@H]1CC(C)(C)CCC. The van der Waals surface area contributed by atoms with Gasteiger partial charge in [0.25, 0.3) is 0 Å². The van der Waals surface area contributed by atoms with E-state index in [1.165, 1.54) is 5.56 Å². The molecule has 1 unspecified atom stereocenters. The fourth-order valence-corrected chi connectivity index (χ4v) is 6.74. The number of benzene rings is 1. The maximum Gasteiger partial charge on any atom is 0.308 e. The van der Waals surface area contributed by atoms with E-state index in [9.17, 15) is 14.7 Å². The highest BCUT2D eigenvalue weighted by atomic mass is 16.5. The van der Waals surface area contributed by atoms with Crippen LogP contribution in [-0.2, 0) is 16.0 Å². The Balaban J connectivity index is 1.84. The Labute approximate surface area is 243 Å². The molecule has 40 heavy (non-hydrogen) atoms. The molecular formula is C33H56N3O4+. The van der Waals surface area contributed by atoms with Crippen LogP contribution in [0.3, 0.4) is 0 Å². The lowest BCUT2D eigenvalue weighted by molar-refractivity contribution is -0.870. The van der Waals surface area contributed by atoms with E-state index in [0.717, 1.165) is 86.8 Å². The summed E-state index contributed by atoms with van der Waals surface area (Å²) in [6.45, 7) is 13.0. The molecule has 2 heterocycles. The molecule has 226 valence electrons. The third-order valence-corrected chi connectivity index (χ3v) is 8.84. The Bertz CT molecular complexity index is 986. The van der Waals surface area contributed by atoms with Crippen LogP contribution < -0.4 is 4.74 Å². The van der Waals surface area contributed by atoms with Crippen LogP contribution in [0.4, 0.5) is 0 Å². The molecule has 7 heteroatoms. The van der Waals surface area contributed by atoms with Crippen molar-refractivity contribution >= 4 is 11.9 Å². The number of hydrogen-bond acceptors (Lipinski definition) is 4. The second-order valence-electron chi connectivity index (χ2n) is 14.0. The summed E-state index contributed by atoms with van der Waals surface area (Å²) in [5.74, 6) is -0.385. The van der Waals surface area contributed by atoms with Crippen LogP contribution in [0.1, 0.15) is 89.7 Å². The van der Waals surface area contributed by atoms with E-state index < -0.39 is 11.9 Å². The minimum Gasteiger partial charge on any atom is -0.493 e. The maximum atomic E-state index is 13.8. The zero-order valence-electron chi connectivity index (χ0n) is 26.4. The third-order valence-electron chi connectivity index (χ3n) is 8.84. The first kappa shape index (κ1) is 32.4. The molecule has 0 bridgehead atoms. The summed E-state index contributed by atoms with van der Waals surface area (Å²) in [4.78, 5) is 31.0. The van der Waals surface area contributed by atoms with E-state index in [0.29, 0.717) is 19.7 Å². The lowest BCUT2D eigenvalue weighted by Crippen LogP contribution is -2.46. The number of ether oxygens (including phenoxy) is 1. The van der Waals surface area contributed by atoms with Gasteiger partial charge in [-0.05, 0) is 54.7 Å². The molecular weight excluding hydrogens is 502 g/mol. The Morgan fingerprint density at radius 1 is 1.10 bits per heavy atom. The molecule has 1 saturated heterocycles. The van der Waals surface area contributed by atoms with Crippen molar-refractivity contribution in [3.8, 4) is 5.75 Å². The minimum absolute atomic E-state index is 0.00217. The molecule has 2 aliphatic heterocycles. The first-order chi connectivity index (χ1) is 18.8. The van der Waals surface area contributed by atoms with Crippen molar-refractivity contribution in [3.63, 3.8) is 0 Å². The number of fused-ring (bicyclic) bond motifs is 1. The fourth-order valence-electron chi connectivity index (χ4n) is 6.74. The highest BCUT2D eigenvalue weighted by molar-refractivity contribution is 5.79.